The monoisotopic (exact) mass is 1610 g/mol. The summed E-state index contributed by atoms with van der Waals surface area (Å²) in [4.78, 5) is 13.6. The van der Waals surface area contributed by atoms with Gasteiger partial charge in [0.25, 0.3) is 0 Å². The fourth-order valence-corrected chi connectivity index (χ4v) is 16.9. The first-order valence-electron chi connectivity index (χ1n) is 48.4. The zero-order chi connectivity index (χ0) is 81.7. The predicted octanol–water partition coefficient (Wildman–Crippen LogP) is 19.4. The Balaban J connectivity index is 1.28. The van der Waals surface area contributed by atoms with E-state index >= 15 is 0 Å². The maximum Gasteiger partial charge on any atom is 0.220 e. The number of carbonyl (C=O) groups excluding carboxylic acids is 1. The summed E-state index contributed by atoms with van der Waals surface area (Å²) in [7, 11) is 0. The van der Waals surface area contributed by atoms with Gasteiger partial charge in [-0.1, -0.05) is 418 Å². The highest BCUT2D eigenvalue weighted by Crippen LogP contribution is 2.34. The summed E-state index contributed by atoms with van der Waals surface area (Å²) in [6.45, 7) is 1.89. The molecular weight excluding hydrogens is 1430 g/mol. The zero-order valence-electron chi connectivity index (χ0n) is 72.7. The Bertz CT molecular complexity index is 2080. The summed E-state index contributed by atoms with van der Waals surface area (Å²) in [6.07, 6.45) is 66.4. The Morgan fingerprint density at radius 3 is 0.858 bits per heavy atom. The van der Waals surface area contributed by atoms with Crippen molar-refractivity contribution < 1.29 is 89.4 Å². The molecule has 3 aliphatic heterocycles. The second-order valence-corrected chi connectivity index (χ2v) is 34.9. The normalized spacial score (nSPS) is 24.8. The van der Waals surface area contributed by atoms with Crippen molar-refractivity contribution in [3.63, 3.8) is 0 Å². The van der Waals surface area contributed by atoms with Crippen LogP contribution in [0, 0.1) is 0 Å². The topological polar surface area (TPSA) is 307 Å². The van der Waals surface area contributed by atoms with E-state index in [2.05, 4.69) is 31.3 Å². The van der Waals surface area contributed by atoms with E-state index in [-0.39, 0.29) is 18.9 Å². The molecule has 19 heteroatoms. The molecule has 3 aliphatic rings. The van der Waals surface area contributed by atoms with Crippen LogP contribution in [-0.2, 0) is 33.2 Å². The van der Waals surface area contributed by atoms with Gasteiger partial charge in [0, 0.05) is 6.42 Å². The van der Waals surface area contributed by atoms with Crippen LogP contribution in [0.3, 0.4) is 0 Å². The average Bonchev–Trinajstić information content (AvgIpc) is 0.780. The van der Waals surface area contributed by atoms with Crippen LogP contribution in [0.1, 0.15) is 450 Å². The fraction of sp³-hybridized carbons (Fsp3) is 0.968. The van der Waals surface area contributed by atoms with E-state index in [1.807, 2.05) is 0 Å². The van der Waals surface area contributed by atoms with Crippen LogP contribution in [0.5, 0.6) is 0 Å². The molecule has 0 radical (unpaired) electrons. The summed E-state index contributed by atoms with van der Waals surface area (Å²) in [5.41, 5.74) is 0. The molecule has 0 aromatic heterocycles. The lowest BCUT2D eigenvalue weighted by Gasteiger charge is -2.48. The van der Waals surface area contributed by atoms with Gasteiger partial charge >= 0.3 is 0 Å². The van der Waals surface area contributed by atoms with Crippen molar-refractivity contribution in [3.8, 4) is 0 Å². The van der Waals surface area contributed by atoms with Gasteiger partial charge in [-0.15, -0.1) is 0 Å². The van der Waals surface area contributed by atoms with E-state index in [0.29, 0.717) is 12.8 Å². The molecule has 1 amide bonds. The Kier molecular flexibility index (Phi) is 69.6. The number of hydrogen-bond donors (Lipinski definition) is 12. The second kappa shape index (κ2) is 74.4. The molecule has 0 spiro atoms. The highest BCUT2D eigenvalue weighted by Gasteiger charge is 2.54. The summed E-state index contributed by atoms with van der Waals surface area (Å²) in [5.74, 6) is -0.231. The number of ether oxygens (including phenoxy) is 6. The number of aliphatic hydroxyl groups excluding tert-OH is 11. The highest BCUT2D eigenvalue weighted by atomic mass is 16.8. The summed E-state index contributed by atoms with van der Waals surface area (Å²) in [5, 5.41) is 121. The Labute approximate surface area is 690 Å². The molecule has 0 aliphatic carbocycles. The molecule has 3 rings (SSSR count). The van der Waals surface area contributed by atoms with Crippen molar-refractivity contribution in [2.75, 3.05) is 26.4 Å². The summed E-state index contributed by atoms with van der Waals surface area (Å²) >= 11 is 0. The van der Waals surface area contributed by atoms with Gasteiger partial charge in [0.15, 0.2) is 18.9 Å². The number of rotatable bonds is 81. The standard InChI is InChI=1S/C94H181NO18/c1-3-5-7-9-11-13-15-17-19-21-23-25-27-29-31-33-34-35-36-37-38-39-40-41-42-44-46-48-50-52-54-56-58-60-62-64-66-68-70-72-82(100)95-77(78(99)71-69-67-65-63-61-59-57-55-53-51-49-47-45-43-32-30-28-26-24-22-20-18-16-14-12-10-8-6-4-2)76-108-92-88(106)85(103)90(80(74-97)110-92)113-94-89(107)86(104)91(81(75-98)111-94)112-93-87(105)84(102)83(101)79(73-96)109-93/h21,23,77-81,83-94,96-99,101-107H,3-20,22,24-76H2,1-2H3,(H,95,100)/b23-21-. The Hall–Kier alpha value is -1.47. The Morgan fingerprint density at radius 1 is 0.310 bits per heavy atom. The first-order valence-corrected chi connectivity index (χ1v) is 48.4. The van der Waals surface area contributed by atoms with Gasteiger partial charge in [0.2, 0.25) is 5.91 Å². The van der Waals surface area contributed by atoms with Crippen molar-refractivity contribution in [1.82, 2.24) is 5.32 Å². The van der Waals surface area contributed by atoms with E-state index in [1.165, 1.54) is 372 Å². The molecule has 0 saturated carbocycles. The molecule has 0 bridgehead atoms. The van der Waals surface area contributed by atoms with Crippen molar-refractivity contribution in [3.05, 3.63) is 12.2 Å². The third kappa shape index (κ3) is 52.5. The molecule has 19 nitrogen and oxygen atoms in total. The molecular formula is C94H181NO18. The van der Waals surface area contributed by atoms with Crippen molar-refractivity contribution in [2.24, 2.45) is 0 Å². The van der Waals surface area contributed by atoms with Gasteiger partial charge in [-0.2, -0.15) is 0 Å². The number of allylic oxidation sites excluding steroid dienone is 2. The van der Waals surface area contributed by atoms with Gasteiger partial charge in [0.1, 0.15) is 73.2 Å². The Morgan fingerprint density at radius 2 is 0.558 bits per heavy atom. The molecule has 17 unspecified atom stereocenters. The number of unbranched alkanes of at least 4 members (excludes halogenated alkanes) is 63. The predicted molar refractivity (Wildman–Crippen MR) is 457 cm³/mol. The third-order valence-corrected chi connectivity index (χ3v) is 24.6. The van der Waals surface area contributed by atoms with Crippen LogP contribution < -0.4 is 5.32 Å². The highest BCUT2D eigenvalue weighted by molar-refractivity contribution is 5.76. The van der Waals surface area contributed by atoms with E-state index in [4.69, 9.17) is 28.4 Å². The van der Waals surface area contributed by atoms with Gasteiger partial charge in [-0.25, -0.2) is 0 Å². The minimum Gasteiger partial charge on any atom is -0.394 e. The first kappa shape index (κ1) is 106. The lowest BCUT2D eigenvalue weighted by atomic mass is 9.96. The maximum absolute atomic E-state index is 13.6. The molecule has 113 heavy (non-hydrogen) atoms. The van der Waals surface area contributed by atoms with Gasteiger partial charge in [-0.05, 0) is 38.5 Å². The minimum atomic E-state index is -1.97. The van der Waals surface area contributed by atoms with Crippen LogP contribution in [-0.4, -0.2) is 193 Å². The second-order valence-electron chi connectivity index (χ2n) is 34.9. The molecule has 3 saturated heterocycles. The molecule has 3 heterocycles. The van der Waals surface area contributed by atoms with Crippen LogP contribution in [0.2, 0.25) is 0 Å². The molecule has 3 fully saturated rings. The van der Waals surface area contributed by atoms with Crippen LogP contribution in [0.25, 0.3) is 0 Å². The van der Waals surface area contributed by atoms with Crippen LogP contribution >= 0.6 is 0 Å². The van der Waals surface area contributed by atoms with E-state index < -0.39 is 124 Å². The van der Waals surface area contributed by atoms with Crippen LogP contribution in [0.4, 0.5) is 0 Å². The zero-order valence-corrected chi connectivity index (χ0v) is 72.7. The van der Waals surface area contributed by atoms with E-state index in [0.717, 1.165) is 44.9 Å². The van der Waals surface area contributed by atoms with Crippen molar-refractivity contribution in [2.45, 2.75) is 555 Å². The fourth-order valence-electron chi connectivity index (χ4n) is 16.9. The van der Waals surface area contributed by atoms with E-state index in [9.17, 15) is 61.0 Å². The third-order valence-electron chi connectivity index (χ3n) is 24.6. The smallest absolute Gasteiger partial charge is 0.220 e. The molecule has 17 atom stereocenters. The van der Waals surface area contributed by atoms with E-state index in [1.54, 1.807) is 0 Å². The number of nitrogens with one attached hydrogen (secondary N) is 1. The lowest BCUT2D eigenvalue weighted by Crippen LogP contribution is -2.66. The minimum absolute atomic E-state index is 0.231. The quantitative estimate of drug-likeness (QED) is 0.0199. The number of hydrogen-bond acceptors (Lipinski definition) is 18. The summed E-state index contributed by atoms with van der Waals surface area (Å²) < 4.78 is 34.6. The van der Waals surface area contributed by atoms with Crippen LogP contribution in [0.15, 0.2) is 12.2 Å². The maximum atomic E-state index is 13.6. The average molecular weight is 1610 g/mol. The lowest BCUT2D eigenvalue weighted by molar-refractivity contribution is -0.379. The van der Waals surface area contributed by atoms with Crippen molar-refractivity contribution >= 4 is 5.91 Å². The molecule has 0 aromatic carbocycles. The van der Waals surface area contributed by atoms with Crippen molar-refractivity contribution in [1.29, 1.82) is 0 Å². The van der Waals surface area contributed by atoms with Gasteiger partial charge < -0.3 is 89.9 Å². The van der Waals surface area contributed by atoms with Gasteiger partial charge in [0.05, 0.1) is 38.6 Å². The van der Waals surface area contributed by atoms with Gasteiger partial charge in [-0.3, -0.25) is 4.79 Å². The number of aliphatic hydroxyl groups is 11. The molecule has 670 valence electrons. The largest absolute Gasteiger partial charge is 0.394 e. The summed E-state index contributed by atoms with van der Waals surface area (Å²) in [6, 6.07) is -0.886. The molecule has 12 N–H and O–H groups in total. The number of carbonyl (C=O) groups is 1. The SMILES string of the molecule is CCCCCCCCCC/C=C\CCCCCCCCCCCCCCCCCCCCCCCCCCCCCC(=O)NC(COC1OC(CO)C(OC2OC(CO)C(OC3OC(CO)C(O)C(O)C3O)C(O)C2O)C(O)C1O)C(O)CCCCCCCCCCCCCCCCCCCCCCCCCCCCCCC. The number of amides is 1. The first-order chi connectivity index (χ1) is 55.3. The molecule has 0 aromatic rings.